The van der Waals surface area contributed by atoms with E-state index in [-0.39, 0.29) is 28.0 Å². The van der Waals surface area contributed by atoms with Gasteiger partial charge in [0, 0.05) is 0 Å². The molecule has 0 amide bonds. The average molecular weight is 316 g/mol. The van der Waals surface area contributed by atoms with E-state index in [1.807, 2.05) is 0 Å². The number of aromatic amines is 1. The zero-order chi connectivity index (χ0) is 15.7. The van der Waals surface area contributed by atoms with Gasteiger partial charge in [0.15, 0.2) is 11.1 Å². The number of nitrogens with one attached hydrogen (secondary N) is 1. The Bertz CT molecular complexity index is 936. The lowest BCUT2D eigenvalue weighted by Crippen LogP contribution is -2.06. The Morgan fingerprint density at radius 2 is 2.00 bits per heavy atom. The average Bonchev–Trinajstić information content (AvgIpc) is 2.48. The van der Waals surface area contributed by atoms with E-state index < -0.39 is 11.1 Å². The van der Waals surface area contributed by atoms with Gasteiger partial charge in [-0.2, -0.15) is 0 Å². The summed E-state index contributed by atoms with van der Waals surface area (Å²) in [6.07, 6.45) is 1.24. The summed E-state index contributed by atoms with van der Waals surface area (Å²) < 4.78 is 19.9. The van der Waals surface area contributed by atoms with Gasteiger partial charge in [-0.1, -0.05) is 24.3 Å². The van der Waals surface area contributed by atoms with E-state index in [1.54, 1.807) is 30.3 Å². The molecule has 0 aliphatic heterocycles. The predicted octanol–water partition coefficient (Wildman–Crippen LogP) is 2.02. The number of rotatable bonds is 3. The molecule has 0 fully saturated rings. The zero-order valence-corrected chi connectivity index (χ0v) is 12.1. The fraction of sp³-hybridized carbons (Fsp3) is 0.0667. The van der Waals surface area contributed by atoms with Crippen LogP contribution in [0.4, 0.5) is 0 Å². The summed E-state index contributed by atoms with van der Waals surface area (Å²) in [5.74, 6) is -0.0649. The van der Waals surface area contributed by atoms with Crippen LogP contribution in [0.2, 0.25) is 0 Å². The van der Waals surface area contributed by atoms with Crippen molar-refractivity contribution in [1.82, 2.24) is 9.97 Å². The van der Waals surface area contributed by atoms with Crippen LogP contribution in [-0.2, 0) is 16.8 Å². The zero-order valence-electron chi connectivity index (χ0n) is 11.3. The topological polar surface area (TPSA) is 103 Å². The van der Waals surface area contributed by atoms with Gasteiger partial charge in [-0.15, -0.1) is 0 Å². The smallest absolute Gasteiger partial charge is 0.258 e. The maximum atomic E-state index is 11.8. The van der Waals surface area contributed by atoms with Gasteiger partial charge in [0.2, 0.25) is 0 Å². The molecule has 0 aliphatic carbocycles. The van der Waals surface area contributed by atoms with Crippen molar-refractivity contribution in [3.05, 3.63) is 58.6 Å². The third-order valence-electron chi connectivity index (χ3n) is 3.27. The number of nitrogens with zero attached hydrogens (tertiary/aromatic N) is 1. The van der Waals surface area contributed by atoms with Crippen LogP contribution in [0.1, 0.15) is 5.56 Å². The van der Waals surface area contributed by atoms with Crippen molar-refractivity contribution >= 4 is 22.0 Å². The van der Waals surface area contributed by atoms with Gasteiger partial charge in [0.25, 0.3) is 5.56 Å². The minimum absolute atomic E-state index is 0.0234. The second-order valence-corrected chi connectivity index (χ2v) is 5.72. The summed E-state index contributed by atoms with van der Waals surface area (Å²) in [6, 6.07) is 10.2. The molecule has 0 aliphatic rings. The van der Waals surface area contributed by atoms with Crippen LogP contribution in [0.15, 0.2) is 47.5 Å². The number of hydrogen-bond acceptors (Lipinski definition) is 4. The van der Waals surface area contributed by atoms with Crippen molar-refractivity contribution in [1.29, 1.82) is 0 Å². The molecule has 6 nitrogen and oxygen atoms in total. The van der Waals surface area contributed by atoms with Crippen LogP contribution in [-0.4, -0.2) is 23.8 Å². The van der Waals surface area contributed by atoms with Crippen molar-refractivity contribution in [2.45, 2.75) is 5.75 Å². The lowest BCUT2D eigenvalue weighted by Gasteiger charge is -2.07. The lowest BCUT2D eigenvalue weighted by atomic mass is 10.0. The van der Waals surface area contributed by atoms with Crippen molar-refractivity contribution in [2.24, 2.45) is 0 Å². The summed E-state index contributed by atoms with van der Waals surface area (Å²) in [6.45, 7) is 0. The SMILES string of the molecule is O=c1[nH]cnc2c(O)cc(-c3cccc(CS(=O)O)c3)cc12. The molecule has 0 saturated carbocycles. The van der Waals surface area contributed by atoms with Crippen LogP contribution >= 0.6 is 0 Å². The molecule has 3 rings (SSSR count). The van der Waals surface area contributed by atoms with Gasteiger partial charge in [0.05, 0.1) is 17.5 Å². The van der Waals surface area contributed by atoms with Crippen molar-refractivity contribution < 1.29 is 13.9 Å². The Kier molecular flexibility index (Phi) is 3.74. The molecule has 0 bridgehead atoms. The third kappa shape index (κ3) is 2.76. The maximum absolute atomic E-state index is 11.8. The molecule has 7 heteroatoms. The van der Waals surface area contributed by atoms with E-state index in [2.05, 4.69) is 9.97 Å². The molecule has 3 aromatic rings. The molecule has 1 atom stereocenters. The molecular weight excluding hydrogens is 304 g/mol. The Balaban J connectivity index is 2.16. The number of phenolic OH excluding ortho intramolecular Hbond substituents is 1. The Morgan fingerprint density at radius 3 is 2.77 bits per heavy atom. The molecule has 1 heterocycles. The molecule has 3 N–H and O–H groups in total. The number of benzene rings is 2. The summed E-state index contributed by atoms with van der Waals surface area (Å²) in [7, 11) is 0. The molecule has 2 aromatic carbocycles. The van der Waals surface area contributed by atoms with Gasteiger partial charge < -0.3 is 14.6 Å². The van der Waals surface area contributed by atoms with Crippen LogP contribution in [0.25, 0.3) is 22.0 Å². The fourth-order valence-corrected chi connectivity index (χ4v) is 2.78. The Morgan fingerprint density at radius 1 is 1.18 bits per heavy atom. The quantitative estimate of drug-likeness (QED) is 0.641. The number of hydrogen-bond donors (Lipinski definition) is 3. The number of aromatic hydroxyl groups is 1. The molecule has 0 saturated heterocycles. The van der Waals surface area contributed by atoms with Crippen molar-refractivity contribution in [3.63, 3.8) is 0 Å². The molecule has 22 heavy (non-hydrogen) atoms. The number of aromatic nitrogens is 2. The molecule has 0 spiro atoms. The van der Waals surface area contributed by atoms with Gasteiger partial charge >= 0.3 is 0 Å². The van der Waals surface area contributed by atoms with Crippen LogP contribution in [0.3, 0.4) is 0 Å². The molecule has 0 radical (unpaired) electrons. The first-order valence-corrected chi connectivity index (χ1v) is 7.69. The highest BCUT2D eigenvalue weighted by molar-refractivity contribution is 7.78. The highest BCUT2D eigenvalue weighted by Crippen LogP contribution is 2.29. The predicted molar refractivity (Wildman–Crippen MR) is 83.9 cm³/mol. The van der Waals surface area contributed by atoms with Gasteiger partial charge in [0.1, 0.15) is 11.3 Å². The van der Waals surface area contributed by atoms with Crippen LogP contribution in [0, 0.1) is 0 Å². The highest BCUT2D eigenvalue weighted by atomic mass is 32.2. The van der Waals surface area contributed by atoms with Gasteiger partial charge in [-0.05, 0) is 28.8 Å². The first kappa shape index (κ1) is 14.4. The normalized spacial score (nSPS) is 12.4. The van der Waals surface area contributed by atoms with E-state index in [4.69, 9.17) is 4.55 Å². The first-order chi connectivity index (χ1) is 10.5. The summed E-state index contributed by atoms with van der Waals surface area (Å²) in [5, 5.41) is 10.3. The van der Waals surface area contributed by atoms with Crippen LogP contribution in [0.5, 0.6) is 5.75 Å². The Labute approximate surface area is 127 Å². The standard InChI is InChI=1S/C15H12N2O4S/c18-13-6-11(5-12-14(13)16-8-17-15(12)19)10-3-1-2-9(4-10)7-22(20)21/h1-6,8,18H,7H2,(H,20,21)(H,16,17,19). The van der Waals surface area contributed by atoms with E-state index in [1.165, 1.54) is 12.4 Å². The van der Waals surface area contributed by atoms with Gasteiger partial charge in [-0.25, -0.2) is 9.19 Å². The van der Waals surface area contributed by atoms with E-state index >= 15 is 0 Å². The minimum atomic E-state index is -1.93. The largest absolute Gasteiger partial charge is 0.506 e. The van der Waals surface area contributed by atoms with Crippen LogP contribution < -0.4 is 5.56 Å². The number of phenols is 1. The van der Waals surface area contributed by atoms with Gasteiger partial charge in [-0.3, -0.25) is 4.79 Å². The summed E-state index contributed by atoms with van der Waals surface area (Å²) >= 11 is -1.93. The number of H-pyrrole nitrogens is 1. The summed E-state index contributed by atoms with van der Waals surface area (Å²) in [5.41, 5.74) is 1.96. The minimum Gasteiger partial charge on any atom is -0.506 e. The monoisotopic (exact) mass is 316 g/mol. The van der Waals surface area contributed by atoms with E-state index in [0.29, 0.717) is 11.1 Å². The maximum Gasteiger partial charge on any atom is 0.258 e. The Hall–Kier alpha value is -2.51. The van der Waals surface area contributed by atoms with Crippen molar-refractivity contribution in [3.8, 4) is 16.9 Å². The molecule has 1 aromatic heterocycles. The third-order valence-corrected chi connectivity index (χ3v) is 3.85. The van der Waals surface area contributed by atoms with Crippen molar-refractivity contribution in [2.75, 3.05) is 0 Å². The first-order valence-electron chi connectivity index (χ1n) is 6.42. The second-order valence-electron chi connectivity index (χ2n) is 4.79. The molecular formula is C15H12N2O4S. The molecule has 112 valence electrons. The second kappa shape index (κ2) is 5.70. The van der Waals surface area contributed by atoms with E-state index in [0.717, 1.165) is 5.56 Å². The summed E-state index contributed by atoms with van der Waals surface area (Å²) in [4.78, 5) is 18.3. The lowest BCUT2D eigenvalue weighted by molar-refractivity contribution is 0.480. The highest BCUT2D eigenvalue weighted by Gasteiger charge is 2.09. The van der Waals surface area contributed by atoms with E-state index in [9.17, 15) is 14.1 Å². The number of fused-ring (bicyclic) bond motifs is 1. The fourth-order valence-electron chi connectivity index (χ4n) is 2.31. The molecule has 1 unspecified atom stereocenters.